The first-order valence-electron chi connectivity index (χ1n) is 7.14. The maximum Gasteiger partial charge on any atom is 0.410 e. The van der Waals surface area contributed by atoms with Gasteiger partial charge in [0.25, 0.3) is 0 Å². The largest absolute Gasteiger partial charge is 0.444 e. The molecule has 7 nitrogen and oxygen atoms in total. The van der Waals surface area contributed by atoms with Crippen LogP contribution in [-0.2, 0) is 18.6 Å². The summed E-state index contributed by atoms with van der Waals surface area (Å²) in [6.07, 6.45) is -0.204. The molecule has 0 spiro atoms. The number of halogens is 1. The predicted molar refractivity (Wildman–Crippen MR) is 81.1 cm³/mol. The molecule has 0 aromatic carbocycles. The quantitative estimate of drug-likeness (QED) is 0.708. The van der Waals surface area contributed by atoms with E-state index < -0.39 is 20.7 Å². The SMILES string of the molecule is CC(C)(C)OC(=O)N1CC(N2CC(CS(=O)(=O)Cl)CC2=O)C1. The highest BCUT2D eigenvalue weighted by atomic mass is 35.7. The number of carbonyl (C=O) groups is 2. The first-order chi connectivity index (χ1) is 9.94. The van der Waals surface area contributed by atoms with E-state index in [0.717, 1.165) is 0 Å². The second-order valence-corrected chi connectivity index (χ2v) is 9.68. The Hall–Kier alpha value is -1.02. The second-order valence-electron chi connectivity index (χ2n) is 6.86. The molecule has 2 amide bonds. The van der Waals surface area contributed by atoms with E-state index in [1.807, 2.05) is 0 Å². The number of ether oxygens (including phenoxy) is 1. The van der Waals surface area contributed by atoms with Gasteiger partial charge in [0.2, 0.25) is 15.0 Å². The molecule has 2 aliphatic heterocycles. The van der Waals surface area contributed by atoms with Gasteiger partial charge in [-0.1, -0.05) is 0 Å². The van der Waals surface area contributed by atoms with Crippen molar-refractivity contribution in [2.24, 2.45) is 5.92 Å². The van der Waals surface area contributed by atoms with Crippen LogP contribution in [0.4, 0.5) is 4.79 Å². The van der Waals surface area contributed by atoms with Crippen molar-refractivity contribution < 1.29 is 22.7 Å². The summed E-state index contributed by atoms with van der Waals surface area (Å²) in [6, 6.07) is -0.0666. The van der Waals surface area contributed by atoms with Crippen molar-refractivity contribution in [3.05, 3.63) is 0 Å². The van der Waals surface area contributed by atoms with Gasteiger partial charge in [-0.2, -0.15) is 0 Å². The summed E-state index contributed by atoms with van der Waals surface area (Å²) in [4.78, 5) is 27.0. The number of rotatable bonds is 3. The molecule has 1 unspecified atom stereocenters. The zero-order valence-electron chi connectivity index (χ0n) is 12.9. The average molecular weight is 353 g/mol. The Morgan fingerprint density at radius 2 is 1.91 bits per heavy atom. The molecule has 0 aliphatic carbocycles. The second kappa shape index (κ2) is 5.88. The molecule has 0 saturated carbocycles. The fourth-order valence-electron chi connectivity index (χ4n) is 2.68. The monoisotopic (exact) mass is 352 g/mol. The van der Waals surface area contributed by atoms with Crippen molar-refractivity contribution in [3.8, 4) is 0 Å². The molecule has 126 valence electrons. The molecule has 0 aromatic rings. The number of hydrogen-bond donors (Lipinski definition) is 0. The lowest BCUT2D eigenvalue weighted by Gasteiger charge is -2.44. The number of amides is 2. The Labute approximate surface area is 134 Å². The zero-order valence-corrected chi connectivity index (χ0v) is 14.5. The Morgan fingerprint density at radius 3 is 2.41 bits per heavy atom. The normalized spacial score (nSPS) is 23.6. The average Bonchev–Trinajstić information content (AvgIpc) is 2.51. The number of carbonyl (C=O) groups excluding carboxylic acids is 2. The molecule has 2 fully saturated rings. The molecule has 2 heterocycles. The highest BCUT2D eigenvalue weighted by Crippen LogP contribution is 2.27. The summed E-state index contributed by atoms with van der Waals surface area (Å²) < 4.78 is 27.4. The van der Waals surface area contributed by atoms with Gasteiger partial charge in [-0.05, 0) is 20.8 Å². The van der Waals surface area contributed by atoms with Crippen molar-refractivity contribution in [2.45, 2.75) is 38.8 Å². The molecule has 0 N–H and O–H groups in total. The van der Waals surface area contributed by atoms with E-state index in [-0.39, 0.29) is 30.0 Å². The molecule has 9 heteroatoms. The first-order valence-corrected chi connectivity index (χ1v) is 9.62. The van der Waals surface area contributed by atoms with Crippen LogP contribution < -0.4 is 0 Å². The topological polar surface area (TPSA) is 84.0 Å². The third-order valence-electron chi connectivity index (χ3n) is 3.63. The molecular formula is C13H21ClN2O5S. The first kappa shape index (κ1) is 17.3. The standard InChI is InChI=1S/C13H21ClN2O5S/c1-13(2,3)21-12(18)15-6-10(7-15)16-5-9(4-11(16)17)8-22(14,19)20/h9-10H,4-8H2,1-3H3. The van der Waals surface area contributed by atoms with Gasteiger partial charge >= 0.3 is 6.09 Å². The van der Waals surface area contributed by atoms with Gasteiger partial charge in [-0.25, -0.2) is 13.2 Å². The maximum absolute atomic E-state index is 12.0. The fourth-order valence-corrected chi connectivity index (χ4v) is 4.00. The molecule has 2 aliphatic rings. The summed E-state index contributed by atoms with van der Waals surface area (Å²) in [5, 5.41) is 0. The van der Waals surface area contributed by atoms with E-state index in [1.165, 1.54) is 4.90 Å². The molecular weight excluding hydrogens is 332 g/mol. The van der Waals surface area contributed by atoms with Gasteiger partial charge in [0.15, 0.2) is 0 Å². The minimum absolute atomic E-state index is 0.0666. The van der Waals surface area contributed by atoms with Gasteiger partial charge in [0.05, 0.1) is 11.8 Å². The Balaban J connectivity index is 1.84. The van der Waals surface area contributed by atoms with Crippen molar-refractivity contribution in [1.29, 1.82) is 0 Å². The molecule has 2 saturated heterocycles. The van der Waals surface area contributed by atoms with Gasteiger partial charge in [0, 0.05) is 42.7 Å². The van der Waals surface area contributed by atoms with Crippen LogP contribution in [-0.4, -0.2) is 67.2 Å². The van der Waals surface area contributed by atoms with Gasteiger partial charge < -0.3 is 14.5 Å². The van der Waals surface area contributed by atoms with Crippen LogP contribution >= 0.6 is 10.7 Å². The van der Waals surface area contributed by atoms with E-state index in [4.69, 9.17) is 15.4 Å². The van der Waals surface area contributed by atoms with Crippen LogP contribution in [0.15, 0.2) is 0 Å². The molecule has 0 bridgehead atoms. The zero-order chi connectivity index (χ0) is 16.7. The Morgan fingerprint density at radius 1 is 1.32 bits per heavy atom. The minimum Gasteiger partial charge on any atom is -0.444 e. The Kier molecular flexibility index (Phi) is 4.64. The van der Waals surface area contributed by atoms with Crippen molar-refractivity contribution in [3.63, 3.8) is 0 Å². The van der Waals surface area contributed by atoms with Crippen molar-refractivity contribution >= 4 is 31.7 Å². The van der Waals surface area contributed by atoms with Crippen LogP contribution in [0, 0.1) is 5.92 Å². The van der Waals surface area contributed by atoms with Crippen LogP contribution in [0.1, 0.15) is 27.2 Å². The summed E-state index contributed by atoms with van der Waals surface area (Å²) in [5.41, 5.74) is -0.550. The van der Waals surface area contributed by atoms with Gasteiger partial charge in [-0.15, -0.1) is 0 Å². The van der Waals surface area contributed by atoms with Crippen molar-refractivity contribution in [1.82, 2.24) is 9.80 Å². The number of nitrogens with zero attached hydrogens (tertiary/aromatic N) is 2. The van der Waals surface area contributed by atoms with Crippen molar-refractivity contribution in [2.75, 3.05) is 25.4 Å². The molecule has 22 heavy (non-hydrogen) atoms. The fraction of sp³-hybridized carbons (Fsp3) is 0.846. The van der Waals surface area contributed by atoms with E-state index >= 15 is 0 Å². The minimum atomic E-state index is -3.60. The van der Waals surface area contributed by atoms with E-state index in [9.17, 15) is 18.0 Å². The number of hydrogen-bond acceptors (Lipinski definition) is 5. The van der Waals surface area contributed by atoms with Crippen LogP contribution in [0.3, 0.4) is 0 Å². The summed E-state index contributed by atoms with van der Waals surface area (Å²) >= 11 is 0. The molecule has 2 rings (SSSR count). The molecule has 0 aromatic heterocycles. The highest BCUT2D eigenvalue weighted by Gasteiger charge is 2.43. The van der Waals surface area contributed by atoms with Crippen LogP contribution in [0.5, 0.6) is 0 Å². The van der Waals surface area contributed by atoms with E-state index in [1.54, 1.807) is 25.7 Å². The lowest BCUT2D eigenvalue weighted by Crippen LogP contribution is -2.62. The summed E-state index contributed by atoms with van der Waals surface area (Å²) in [7, 11) is 1.63. The van der Waals surface area contributed by atoms with Gasteiger partial charge in [0.1, 0.15) is 5.60 Å². The van der Waals surface area contributed by atoms with E-state index in [0.29, 0.717) is 19.6 Å². The lowest BCUT2D eigenvalue weighted by molar-refractivity contribution is -0.132. The van der Waals surface area contributed by atoms with Crippen LogP contribution in [0.25, 0.3) is 0 Å². The molecule has 0 radical (unpaired) electrons. The highest BCUT2D eigenvalue weighted by molar-refractivity contribution is 8.13. The predicted octanol–water partition coefficient (Wildman–Crippen LogP) is 1.02. The summed E-state index contributed by atoms with van der Waals surface area (Å²) in [6.45, 7) is 6.59. The third-order valence-corrected chi connectivity index (χ3v) is 4.88. The third kappa shape index (κ3) is 4.49. The maximum atomic E-state index is 12.0. The van der Waals surface area contributed by atoms with Gasteiger partial charge in [-0.3, -0.25) is 4.79 Å². The lowest BCUT2D eigenvalue weighted by atomic mass is 10.1. The number of likely N-dealkylation sites (tertiary alicyclic amines) is 2. The smallest absolute Gasteiger partial charge is 0.410 e. The summed E-state index contributed by atoms with van der Waals surface area (Å²) in [5.74, 6) is -0.552. The Bertz CT molecular complexity index is 565. The van der Waals surface area contributed by atoms with E-state index in [2.05, 4.69) is 0 Å². The van der Waals surface area contributed by atoms with Crippen LogP contribution in [0.2, 0.25) is 0 Å². The molecule has 1 atom stereocenters.